The first kappa shape index (κ1) is 20.9. The molecule has 2 aromatic rings. The third-order valence-electron chi connectivity index (χ3n) is 6.40. The molecule has 0 saturated carbocycles. The monoisotopic (exact) mass is 426 g/mol. The first-order chi connectivity index (χ1) is 14.5. The molecular formula is C24H27ClN2O3. The Morgan fingerprint density at radius 2 is 1.70 bits per heavy atom. The average Bonchev–Trinajstić information content (AvgIpc) is 3.04. The molecule has 2 aliphatic heterocycles. The summed E-state index contributed by atoms with van der Waals surface area (Å²) in [6, 6.07) is 17.4. The maximum absolute atomic E-state index is 13.4. The molecule has 3 amide bonds. The number of amides is 3. The van der Waals surface area contributed by atoms with E-state index in [0.717, 1.165) is 30.4 Å². The van der Waals surface area contributed by atoms with Gasteiger partial charge in [-0.25, -0.2) is 4.79 Å². The molecule has 2 saturated heterocycles. The molecule has 1 unspecified atom stereocenters. The molecule has 0 aromatic heterocycles. The third-order valence-corrected chi connectivity index (χ3v) is 6.65. The number of hydrogen-bond acceptors (Lipinski definition) is 3. The largest absolute Gasteiger partial charge is 0.381 e. The Labute approximate surface area is 182 Å². The van der Waals surface area contributed by atoms with E-state index in [9.17, 15) is 9.59 Å². The van der Waals surface area contributed by atoms with Crippen LogP contribution in [0.25, 0.3) is 0 Å². The van der Waals surface area contributed by atoms with Gasteiger partial charge in [0.15, 0.2) is 0 Å². The van der Waals surface area contributed by atoms with Crippen LogP contribution >= 0.6 is 11.6 Å². The van der Waals surface area contributed by atoms with E-state index < -0.39 is 0 Å². The van der Waals surface area contributed by atoms with E-state index in [1.807, 2.05) is 61.5 Å². The molecule has 0 radical (unpaired) electrons. The van der Waals surface area contributed by atoms with Crippen molar-refractivity contribution in [3.05, 3.63) is 70.7 Å². The van der Waals surface area contributed by atoms with Gasteiger partial charge in [0.1, 0.15) is 6.54 Å². The van der Waals surface area contributed by atoms with Gasteiger partial charge in [0.05, 0.1) is 6.04 Å². The van der Waals surface area contributed by atoms with Crippen LogP contribution in [0.2, 0.25) is 5.02 Å². The second-order valence-electron chi connectivity index (χ2n) is 8.12. The van der Waals surface area contributed by atoms with Gasteiger partial charge in [-0.1, -0.05) is 61.0 Å². The number of rotatable bonds is 6. The molecule has 2 fully saturated rings. The summed E-state index contributed by atoms with van der Waals surface area (Å²) in [5.74, 6) is -0.130. The Balaban J connectivity index is 1.60. The fourth-order valence-corrected chi connectivity index (χ4v) is 4.80. The van der Waals surface area contributed by atoms with E-state index in [1.165, 1.54) is 4.90 Å². The summed E-state index contributed by atoms with van der Waals surface area (Å²) < 4.78 is 5.60. The van der Waals surface area contributed by atoms with Crippen LogP contribution in [-0.2, 0) is 14.9 Å². The number of ether oxygens (including phenoxy) is 1. The first-order valence-electron chi connectivity index (χ1n) is 10.5. The molecule has 2 aromatic carbocycles. The highest BCUT2D eigenvalue weighted by molar-refractivity contribution is 6.30. The minimum atomic E-state index is -0.307. The van der Waals surface area contributed by atoms with Crippen molar-refractivity contribution in [2.45, 2.75) is 37.6 Å². The van der Waals surface area contributed by atoms with E-state index in [2.05, 4.69) is 0 Å². The second-order valence-corrected chi connectivity index (χ2v) is 8.56. The topological polar surface area (TPSA) is 49.9 Å². The van der Waals surface area contributed by atoms with Gasteiger partial charge in [-0.15, -0.1) is 0 Å². The Hall–Kier alpha value is -2.37. The summed E-state index contributed by atoms with van der Waals surface area (Å²) in [7, 11) is 0. The lowest BCUT2D eigenvalue weighted by atomic mass is 9.73. The molecule has 0 bridgehead atoms. The number of halogens is 1. The predicted octanol–water partition coefficient (Wildman–Crippen LogP) is 4.80. The lowest BCUT2D eigenvalue weighted by Crippen LogP contribution is -2.47. The van der Waals surface area contributed by atoms with Crippen molar-refractivity contribution < 1.29 is 14.3 Å². The summed E-state index contributed by atoms with van der Waals surface area (Å²) in [4.78, 5) is 29.5. The van der Waals surface area contributed by atoms with Crippen LogP contribution < -0.4 is 0 Å². The molecule has 2 aliphatic rings. The summed E-state index contributed by atoms with van der Waals surface area (Å²) in [6.07, 6.45) is 2.29. The molecule has 4 rings (SSSR count). The van der Waals surface area contributed by atoms with Crippen molar-refractivity contribution in [2.75, 3.05) is 26.3 Å². The molecule has 0 aliphatic carbocycles. The van der Waals surface area contributed by atoms with Crippen molar-refractivity contribution in [1.29, 1.82) is 0 Å². The summed E-state index contributed by atoms with van der Waals surface area (Å²) >= 11 is 6.09. The fourth-order valence-electron chi connectivity index (χ4n) is 4.68. The molecule has 1 atom stereocenters. The molecule has 5 nitrogen and oxygen atoms in total. The number of nitrogens with zero attached hydrogens (tertiary/aromatic N) is 2. The summed E-state index contributed by atoms with van der Waals surface area (Å²) in [5.41, 5.74) is 1.85. The Bertz CT molecular complexity index is 894. The first-order valence-corrected chi connectivity index (χ1v) is 10.9. The number of urea groups is 1. The van der Waals surface area contributed by atoms with E-state index in [-0.39, 0.29) is 29.9 Å². The molecule has 0 N–H and O–H groups in total. The highest BCUT2D eigenvalue weighted by Crippen LogP contribution is 2.38. The predicted molar refractivity (Wildman–Crippen MR) is 116 cm³/mol. The zero-order chi connectivity index (χ0) is 21.1. The van der Waals surface area contributed by atoms with Gasteiger partial charge >= 0.3 is 6.03 Å². The summed E-state index contributed by atoms with van der Waals surface area (Å²) in [6.45, 7) is 3.77. The van der Waals surface area contributed by atoms with E-state index >= 15 is 0 Å². The van der Waals surface area contributed by atoms with Crippen molar-refractivity contribution >= 4 is 23.5 Å². The third kappa shape index (κ3) is 3.96. The standard InChI is InChI=1S/C24H27ClN2O3/c1-2-21(18-6-4-3-5-7-18)26-16-22(28)27(23(26)29)17-24(12-14-30-15-13-24)19-8-10-20(25)11-9-19/h3-11,21H,2,12-17H2,1H3. The smallest absolute Gasteiger partial charge is 0.327 e. The maximum Gasteiger partial charge on any atom is 0.327 e. The van der Waals surface area contributed by atoms with Crippen molar-refractivity contribution in [1.82, 2.24) is 9.80 Å². The van der Waals surface area contributed by atoms with Crippen LogP contribution in [0.1, 0.15) is 43.4 Å². The van der Waals surface area contributed by atoms with Gasteiger partial charge in [-0.05, 0) is 42.5 Å². The highest BCUT2D eigenvalue weighted by Gasteiger charge is 2.45. The van der Waals surface area contributed by atoms with E-state index in [1.54, 1.807) is 4.90 Å². The zero-order valence-electron chi connectivity index (χ0n) is 17.2. The van der Waals surface area contributed by atoms with Gasteiger partial charge < -0.3 is 9.64 Å². The number of benzene rings is 2. The molecular weight excluding hydrogens is 400 g/mol. The Morgan fingerprint density at radius 1 is 1.03 bits per heavy atom. The molecule has 2 heterocycles. The average molecular weight is 427 g/mol. The van der Waals surface area contributed by atoms with Crippen LogP contribution in [0.3, 0.4) is 0 Å². The Morgan fingerprint density at radius 3 is 2.33 bits per heavy atom. The Kier molecular flexibility index (Phi) is 6.11. The maximum atomic E-state index is 13.4. The normalized spacial score (nSPS) is 19.9. The minimum Gasteiger partial charge on any atom is -0.381 e. The number of imide groups is 1. The van der Waals surface area contributed by atoms with Gasteiger partial charge in [-0.2, -0.15) is 0 Å². The second kappa shape index (κ2) is 8.78. The van der Waals surface area contributed by atoms with Crippen LogP contribution in [0.5, 0.6) is 0 Å². The van der Waals surface area contributed by atoms with Crippen LogP contribution in [-0.4, -0.2) is 48.0 Å². The quantitative estimate of drug-likeness (QED) is 0.623. The number of hydrogen-bond donors (Lipinski definition) is 0. The number of carbonyl (C=O) groups is 2. The van der Waals surface area contributed by atoms with Gasteiger partial charge in [-0.3, -0.25) is 9.69 Å². The van der Waals surface area contributed by atoms with Crippen molar-refractivity contribution in [2.24, 2.45) is 0 Å². The lowest BCUT2D eigenvalue weighted by molar-refractivity contribution is -0.126. The highest BCUT2D eigenvalue weighted by atomic mass is 35.5. The van der Waals surface area contributed by atoms with Gasteiger partial charge in [0.2, 0.25) is 5.91 Å². The van der Waals surface area contributed by atoms with Crippen LogP contribution in [0.4, 0.5) is 4.79 Å². The van der Waals surface area contributed by atoms with Crippen LogP contribution in [0.15, 0.2) is 54.6 Å². The van der Waals surface area contributed by atoms with Crippen molar-refractivity contribution in [3.8, 4) is 0 Å². The number of carbonyl (C=O) groups excluding carboxylic acids is 2. The minimum absolute atomic E-state index is 0.103. The summed E-state index contributed by atoms with van der Waals surface area (Å²) in [5, 5.41) is 0.675. The van der Waals surface area contributed by atoms with E-state index in [0.29, 0.717) is 24.8 Å². The fraction of sp³-hybridized carbons (Fsp3) is 0.417. The molecule has 0 spiro atoms. The van der Waals surface area contributed by atoms with Crippen molar-refractivity contribution in [3.63, 3.8) is 0 Å². The van der Waals surface area contributed by atoms with E-state index in [4.69, 9.17) is 16.3 Å². The molecule has 30 heavy (non-hydrogen) atoms. The zero-order valence-corrected chi connectivity index (χ0v) is 18.0. The molecule has 158 valence electrons. The SMILES string of the molecule is CCC(c1ccccc1)N1CC(=O)N(CC2(c3ccc(Cl)cc3)CCOCC2)C1=O. The molecule has 6 heteroatoms. The van der Waals surface area contributed by atoms with Crippen LogP contribution in [0, 0.1) is 0 Å². The van der Waals surface area contributed by atoms with Gasteiger partial charge in [0.25, 0.3) is 0 Å². The van der Waals surface area contributed by atoms with Gasteiger partial charge in [0, 0.05) is 30.2 Å². The lowest BCUT2D eigenvalue weighted by Gasteiger charge is -2.40.